The van der Waals surface area contributed by atoms with E-state index in [0.717, 1.165) is 23.7 Å². The van der Waals surface area contributed by atoms with Gasteiger partial charge in [0, 0.05) is 17.6 Å². The van der Waals surface area contributed by atoms with Crippen molar-refractivity contribution >= 4 is 28.8 Å². The summed E-state index contributed by atoms with van der Waals surface area (Å²) in [5.74, 6) is -0.923. The minimum atomic E-state index is -0.816. The average Bonchev–Trinajstić information content (AvgIpc) is 2.73. The fraction of sp³-hybridized carbons (Fsp3) is 0.111. The van der Waals surface area contributed by atoms with Gasteiger partial charge in [0.1, 0.15) is 16.6 Å². The van der Waals surface area contributed by atoms with Gasteiger partial charge in [-0.15, -0.1) is 5.10 Å². The van der Waals surface area contributed by atoms with E-state index in [1.807, 2.05) is 0 Å². The first-order chi connectivity index (χ1) is 8.58. The average molecular weight is 290 g/mol. The number of aromatic nitrogens is 2. The van der Waals surface area contributed by atoms with Crippen LogP contribution in [0.25, 0.3) is 0 Å². The third-order valence-electron chi connectivity index (χ3n) is 2.00. The zero-order valence-electron chi connectivity index (χ0n) is 8.67. The van der Waals surface area contributed by atoms with Crippen molar-refractivity contribution in [3.63, 3.8) is 0 Å². The van der Waals surface area contributed by atoms with Crippen molar-refractivity contribution in [2.45, 2.75) is 6.61 Å². The zero-order valence-corrected chi connectivity index (χ0v) is 10.2. The normalized spacial score (nSPS) is 10.3. The second-order valence-electron chi connectivity index (χ2n) is 3.15. The molecule has 2 aromatic rings. The third kappa shape index (κ3) is 2.71. The van der Waals surface area contributed by atoms with Crippen LogP contribution in [0.2, 0.25) is 4.34 Å². The number of nitro benzene ring substituents is 1. The molecule has 0 atom stereocenters. The van der Waals surface area contributed by atoms with Crippen molar-refractivity contribution in [3.8, 4) is 5.75 Å². The van der Waals surface area contributed by atoms with Crippen molar-refractivity contribution in [2.24, 2.45) is 0 Å². The summed E-state index contributed by atoms with van der Waals surface area (Å²) in [4.78, 5) is 9.73. The fourth-order valence-corrected chi connectivity index (χ4v) is 1.75. The van der Waals surface area contributed by atoms with Gasteiger partial charge >= 0.3 is 0 Å². The van der Waals surface area contributed by atoms with E-state index in [2.05, 4.69) is 9.59 Å². The van der Waals surface area contributed by atoms with E-state index in [-0.39, 0.29) is 18.0 Å². The van der Waals surface area contributed by atoms with Crippen molar-refractivity contribution in [1.29, 1.82) is 0 Å². The minimum Gasteiger partial charge on any atom is -0.484 e. The molecule has 9 heteroatoms. The molecule has 0 radical (unpaired) electrons. The molecule has 18 heavy (non-hydrogen) atoms. The Morgan fingerprint density at radius 2 is 2.33 bits per heavy atom. The Kier molecular flexibility index (Phi) is 3.68. The highest BCUT2D eigenvalue weighted by Gasteiger charge is 2.13. The number of non-ortho nitro benzene ring substituents is 1. The molecule has 0 spiro atoms. The van der Waals surface area contributed by atoms with Gasteiger partial charge in [-0.1, -0.05) is 16.1 Å². The summed E-state index contributed by atoms with van der Waals surface area (Å²) in [6, 6.07) is 3.12. The fourth-order valence-electron chi connectivity index (χ4n) is 1.15. The van der Waals surface area contributed by atoms with E-state index in [4.69, 9.17) is 16.3 Å². The van der Waals surface area contributed by atoms with Gasteiger partial charge < -0.3 is 4.74 Å². The quantitative estimate of drug-likeness (QED) is 0.639. The lowest BCUT2D eigenvalue weighted by atomic mass is 10.3. The number of hydrogen-bond acceptors (Lipinski definition) is 6. The zero-order chi connectivity index (χ0) is 13.1. The van der Waals surface area contributed by atoms with Gasteiger partial charge in [-0.2, -0.15) is 0 Å². The molecule has 0 aliphatic heterocycles. The number of ether oxygens (including phenoxy) is 1. The topological polar surface area (TPSA) is 78.2 Å². The molecule has 6 nitrogen and oxygen atoms in total. The molecule has 0 N–H and O–H groups in total. The highest BCUT2D eigenvalue weighted by atomic mass is 35.5. The van der Waals surface area contributed by atoms with Gasteiger partial charge in [0.25, 0.3) is 5.69 Å². The first kappa shape index (κ1) is 12.7. The Balaban J connectivity index is 2.11. The SMILES string of the molecule is O=[N+]([O-])c1ccc(OCc2nnsc2Cl)c(F)c1. The Labute approximate surface area is 109 Å². The number of rotatable bonds is 4. The van der Waals surface area contributed by atoms with E-state index in [1.54, 1.807) is 0 Å². The summed E-state index contributed by atoms with van der Waals surface area (Å²) in [6.07, 6.45) is 0. The van der Waals surface area contributed by atoms with Crippen LogP contribution < -0.4 is 4.74 Å². The standard InChI is InChI=1S/C9H5ClFN3O3S/c10-9-7(12-13-18-9)4-17-8-2-1-5(14(15)16)3-6(8)11/h1-3H,4H2. The molecule has 0 aliphatic carbocycles. The summed E-state index contributed by atoms with van der Waals surface area (Å²) in [6.45, 7) is -0.0515. The summed E-state index contributed by atoms with van der Waals surface area (Å²) in [5.41, 5.74) is 0.0487. The second kappa shape index (κ2) is 5.23. The van der Waals surface area contributed by atoms with Crippen molar-refractivity contribution < 1.29 is 14.1 Å². The Morgan fingerprint density at radius 3 is 2.89 bits per heavy atom. The molecule has 1 aromatic heterocycles. The van der Waals surface area contributed by atoms with Crippen LogP contribution in [0.5, 0.6) is 5.75 Å². The van der Waals surface area contributed by atoms with Crippen molar-refractivity contribution in [2.75, 3.05) is 0 Å². The van der Waals surface area contributed by atoms with Crippen molar-refractivity contribution in [1.82, 2.24) is 9.59 Å². The van der Waals surface area contributed by atoms with Crippen LogP contribution in [0.3, 0.4) is 0 Å². The minimum absolute atomic E-state index is 0.0515. The van der Waals surface area contributed by atoms with E-state index in [0.29, 0.717) is 10.0 Å². The van der Waals surface area contributed by atoms with Gasteiger partial charge in [-0.3, -0.25) is 10.1 Å². The number of nitrogens with zero attached hydrogens (tertiary/aromatic N) is 3. The van der Waals surface area contributed by atoms with Gasteiger partial charge in [0.05, 0.1) is 11.0 Å². The molecule has 0 unspecified atom stereocenters. The Bertz CT molecular complexity index is 592. The molecule has 1 aromatic carbocycles. The van der Waals surface area contributed by atoms with Crippen LogP contribution in [0.1, 0.15) is 5.69 Å². The number of benzene rings is 1. The highest BCUT2D eigenvalue weighted by Crippen LogP contribution is 2.24. The van der Waals surface area contributed by atoms with E-state index >= 15 is 0 Å². The van der Waals surface area contributed by atoms with Crippen molar-refractivity contribution in [3.05, 3.63) is 44.2 Å². The van der Waals surface area contributed by atoms with Crippen LogP contribution >= 0.6 is 23.1 Å². The molecule has 1 heterocycles. The molecule has 0 bridgehead atoms. The molecule has 94 valence electrons. The molecular formula is C9H5ClFN3O3S. The summed E-state index contributed by atoms with van der Waals surface area (Å²) in [5, 5.41) is 14.1. The maximum atomic E-state index is 13.4. The first-order valence-corrected chi connectivity index (χ1v) is 5.76. The first-order valence-electron chi connectivity index (χ1n) is 4.61. The second-order valence-corrected chi connectivity index (χ2v) is 4.51. The maximum absolute atomic E-state index is 13.4. The lowest BCUT2D eigenvalue weighted by Gasteiger charge is -2.04. The largest absolute Gasteiger partial charge is 0.484 e. The Hall–Kier alpha value is -1.80. The van der Waals surface area contributed by atoms with Crippen LogP contribution in [-0.2, 0) is 6.61 Å². The van der Waals surface area contributed by atoms with Crippen LogP contribution in [-0.4, -0.2) is 14.5 Å². The molecule has 0 saturated heterocycles. The van der Waals surface area contributed by atoms with E-state index in [9.17, 15) is 14.5 Å². The molecule has 0 amide bonds. The molecule has 2 rings (SSSR count). The van der Waals surface area contributed by atoms with Crippen LogP contribution in [0.4, 0.5) is 10.1 Å². The summed E-state index contributed by atoms with van der Waals surface area (Å²) >= 11 is 6.73. The highest BCUT2D eigenvalue weighted by molar-refractivity contribution is 7.10. The van der Waals surface area contributed by atoms with E-state index in [1.165, 1.54) is 6.07 Å². The van der Waals surface area contributed by atoms with Gasteiger partial charge in [-0.25, -0.2) is 4.39 Å². The van der Waals surface area contributed by atoms with Gasteiger partial charge in [0.2, 0.25) is 0 Å². The van der Waals surface area contributed by atoms with Gasteiger partial charge in [-0.05, 0) is 6.07 Å². The molecule has 0 saturated carbocycles. The number of halogens is 2. The lowest BCUT2D eigenvalue weighted by molar-refractivity contribution is -0.385. The third-order valence-corrected chi connectivity index (χ3v) is 2.98. The van der Waals surface area contributed by atoms with Crippen LogP contribution in [0, 0.1) is 15.9 Å². The number of nitro groups is 1. The number of hydrogen-bond donors (Lipinski definition) is 0. The molecular weight excluding hydrogens is 285 g/mol. The lowest BCUT2D eigenvalue weighted by Crippen LogP contribution is -1.99. The summed E-state index contributed by atoms with van der Waals surface area (Å²) < 4.78 is 22.5. The predicted octanol–water partition coefficient (Wildman–Crippen LogP) is 2.82. The Morgan fingerprint density at radius 1 is 1.56 bits per heavy atom. The maximum Gasteiger partial charge on any atom is 0.272 e. The van der Waals surface area contributed by atoms with Gasteiger partial charge in [0.15, 0.2) is 11.6 Å². The summed E-state index contributed by atoms with van der Waals surface area (Å²) in [7, 11) is 0. The van der Waals surface area contributed by atoms with E-state index < -0.39 is 10.7 Å². The molecule has 0 fully saturated rings. The smallest absolute Gasteiger partial charge is 0.272 e. The van der Waals surface area contributed by atoms with Crippen LogP contribution in [0.15, 0.2) is 18.2 Å². The predicted molar refractivity (Wildman–Crippen MR) is 62.3 cm³/mol. The monoisotopic (exact) mass is 289 g/mol. The molecule has 0 aliphatic rings.